The summed E-state index contributed by atoms with van der Waals surface area (Å²) in [4.78, 5) is 27.4. The third-order valence-corrected chi connectivity index (χ3v) is 1.92. The molecule has 17 heavy (non-hydrogen) atoms. The molecule has 0 aliphatic heterocycles. The molecule has 0 rings (SSSR count). The molecule has 0 aromatic heterocycles. The largest absolute Gasteiger partial charge is 0.462 e. The maximum Gasteiger partial charge on any atom is 0.333 e. The van der Waals surface area contributed by atoms with E-state index in [9.17, 15) is 9.36 Å². The Morgan fingerprint density at radius 1 is 1.41 bits per heavy atom. The van der Waals surface area contributed by atoms with Crippen molar-refractivity contribution >= 4 is 13.6 Å². The third kappa shape index (κ3) is 17.2. The van der Waals surface area contributed by atoms with Crippen LogP contribution in [0, 0.1) is 11.3 Å². The van der Waals surface area contributed by atoms with Crippen molar-refractivity contribution < 1.29 is 23.9 Å². The molecule has 0 saturated carbocycles. The van der Waals surface area contributed by atoms with Gasteiger partial charge in [0.05, 0.1) is 12.2 Å². The molecule has 2 N–H and O–H groups in total. The average molecular weight is 261 g/mol. The van der Waals surface area contributed by atoms with Crippen LogP contribution in [0.1, 0.15) is 13.8 Å². The Labute approximate surface area is 100 Å². The van der Waals surface area contributed by atoms with Crippen LogP contribution in [0.3, 0.4) is 0 Å². The molecule has 0 saturated heterocycles. The van der Waals surface area contributed by atoms with Crippen molar-refractivity contribution in [1.82, 2.24) is 0 Å². The maximum absolute atomic E-state index is 10.7. The summed E-state index contributed by atoms with van der Waals surface area (Å²) in [5.41, 5.74) is 0.769. The van der Waals surface area contributed by atoms with Gasteiger partial charge in [0.1, 0.15) is 6.61 Å². The first kappa shape index (κ1) is 18.0. The van der Waals surface area contributed by atoms with Crippen LogP contribution in [0.2, 0.25) is 0 Å². The Morgan fingerprint density at radius 3 is 2.06 bits per heavy atom. The van der Waals surface area contributed by atoms with Gasteiger partial charge in [0, 0.05) is 11.1 Å². The second-order valence-corrected chi connectivity index (χ2v) is 4.97. The summed E-state index contributed by atoms with van der Waals surface area (Å²) in [7, 11) is -4.06. The van der Waals surface area contributed by atoms with Crippen molar-refractivity contribution in [3.63, 3.8) is 0 Å². The number of hydrogen-bond donors (Lipinski definition) is 2. The lowest BCUT2D eigenvalue weighted by atomic mass is 10.4. The molecule has 0 aliphatic rings. The number of allylic oxidation sites excluding steroid dienone is 1. The van der Waals surface area contributed by atoms with Gasteiger partial charge in [-0.3, -0.25) is 4.57 Å². The standard InChI is InChI=1S/C6H11O5P.C4H5N/c1-5(2)6(7)11-3-4-12(8,9)10;1-4(2)3-5/h1,3-4H2,2H3,(H2,8,9,10);1H2,2H3. The molecule has 96 valence electrons. The Balaban J connectivity index is 0. The first-order chi connectivity index (χ1) is 7.60. The van der Waals surface area contributed by atoms with Crippen molar-refractivity contribution in [3.05, 3.63) is 24.3 Å². The summed E-state index contributed by atoms with van der Waals surface area (Å²) in [6.07, 6.45) is -0.452. The zero-order chi connectivity index (χ0) is 14.1. The van der Waals surface area contributed by atoms with Crippen molar-refractivity contribution in [1.29, 1.82) is 5.26 Å². The number of carbonyl (C=O) groups excluding carboxylic acids is 1. The van der Waals surface area contributed by atoms with E-state index < -0.39 is 19.7 Å². The van der Waals surface area contributed by atoms with Crippen LogP contribution in [-0.2, 0) is 14.1 Å². The van der Waals surface area contributed by atoms with Crippen LogP contribution >= 0.6 is 7.60 Å². The van der Waals surface area contributed by atoms with E-state index >= 15 is 0 Å². The number of rotatable bonds is 4. The fourth-order valence-corrected chi connectivity index (χ4v) is 0.710. The molecule has 0 amide bonds. The minimum atomic E-state index is -4.06. The van der Waals surface area contributed by atoms with Crippen LogP contribution < -0.4 is 0 Å². The molecule has 7 heteroatoms. The molecule has 0 fully saturated rings. The predicted molar refractivity (Wildman–Crippen MR) is 63.1 cm³/mol. The SMILES string of the molecule is C=C(C)C#N.C=C(C)C(=O)OCCP(=O)(O)O. The molecule has 0 aromatic rings. The Morgan fingerprint density at radius 2 is 1.82 bits per heavy atom. The van der Waals surface area contributed by atoms with E-state index in [1.54, 1.807) is 6.92 Å². The third-order valence-electron chi connectivity index (χ3n) is 1.16. The second-order valence-electron chi connectivity index (χ2n) is 3.20. The average Bonchev–Trinajstić information content (AvgIpc) is 2.16. The highest BCUT2D eigenvalue weighted by atomic mass is 31.2. The first-order valence-corrected chi connectivity index (χ1v) is 6.32. The zero-order valence-electron chi connectivity index (χ0n) is 9.84. The quantitative estimate of drug-likeness (QED) is 0.342. The minimum absolute atomic E-state index is 0.209. The highest BCUT2D eigenvalue weighted by molar-refractivity contribution is 7.51. The van der Waals surface area contributed by atoms with E-state index in [1.165, 1.54) is 6.92 Å². The van der Waals surface area contributed by atoms with Gasteiger partial charge in [-0.2, -0.15) is 5.26 Å². The van der Waals surface area contributed by atoms with Crippen molar-refractivity contribution in [2.45, 2.75) is 13.8 Å². The van der Waals surface area contributed by atoms with Crippen molar-refractivity contribution in [2.24, 2.45) is 0 Å². The molecule has 0 atom stereocenters. The lowest BCUT2D eigenvalue weighted by molar-refractivity contribution is -0.138. The van der Waals surface area contributed by atoms with Crippen LogP contribution in [0.25, 0.3) is 0 Å². The molecule has 0 heterocycles. The number of hydrogen-bond acceptors (Lipinski definition) is 4. The van der Waals surface area contributed by atoms with Gasteiger partial charge in [-0.05, 0) is 13.8 Å². The van der Waals surface area contributed by atoms with Gasteiger partial charge in [0.15, 0.2) is 0 Å². The van der Waals surface area contributed by atoms with Crippen molar-refractivity contribution in [3.8, 4) is 6.07 Å². The lowest BCUT2D eigenvalue weighted by Gasteiger charge is -2.04. The molecular weight excluding hydrogens is 245 g/mol. The number of carbonyl (C=O) groups is 1. The molecular formula is C10H16NO5P. The smallest absolute Gasteiger partial charge is 0.333 e. The van der Waals surface area contributed by atoms with Crippen LogP contribution in [-0.4, -0.2) is 28.5 Å². The van der Waals surface area contributed by atoms with E-state index in [0.29, 0.717) is 5.57 Å². The summed E-state index contributed by atoms with van der Waals surface area (Å²) in [6.45, 7) is 9.46. The second kappa shape index (κ2) is 8.71. The van der Waals surface area contributed by atoms with Gasteiger partial charge in [-0.25, -0.2) is 4.79 Å². The van der Waals surface area contributed by atoms with Gasteiger partial charge in [0.2, 0.25) is 0 Å². The number of ether oxygens (including phenoxy) is 1. The Hall–Kier alpha value is -1.41. The van der Waals surface area contributed by atoms with Gasteiger partial charge in [-0.1, -0.05) is 13.2 Å². The van der Waals surface area contributed by atoms with E-state index in [4.69, 9.17) is 15.0 Å². The van der Waals surface area contributed by atoms with Crippen LogP contribution in [0.4, 0.5) is 0 Å². The van der Waals surface area contributed by atoms with E-state index in [-0.39, 0.29) is 12.2 Å². The lowest BCUT2D eigenvalue weighted by Crippen LogP contribution is -2.09. The first-order valence-electron chi connectivity index (χ1n) is 4.53. The van der Waals surface area contributed by atoms with Gasteiger partial charge < -0.3 is 14.5 Å². The Kier molecular flexibility index (Phi) is 9.21. The van der Waals surface area contributed by atoms with Crippen molar-refractivity contribution in [2.75, 3.05) is 12.8 Å². The zero-order valence-corrected chi connectivity index (χ0v) is 10.7. The highest BCUT2D eigenvalue weighted by Crippen LogP contribution is 2.33. The van der Waals surface area contributed by atoms with Gasteiger partial charge >= 0.3 is 13.6 Å². The normalized spacial score (nSPS) is 9.35. The summed E-state index contributed by atoms with van der Waals surface area (Å²) in [6, 6.07) is 1.83. The van der Waals surface area contributed by atoms with E-state index in [2.05, 4.69) is 17.9 Å². The summed E-state index contributed by atoms with van der Waals surface area (Å²) < 4.78 is 14.7. The van der Waals surface area contributed by atoms with Crippen LogP contribution in [0.5, 0.6) is 0 Å². The number of nitriles is 1. The molecule has 0 bridgehead atoms. The topological polar surface area (TPSA) is 108 Å². The summed E-state index contributed by atoms with van der Waals surface area (Å²) >= 11 is 0. The number of nitrogens with zero attached hydrogens (tertiary/aromatic N) is 1. The van der Waals surface area contributed by atoms with Gasteiger partial charge in [0.25, 0.3) is 0 Å². The molecule has 0 radical (unpaired) electrons. The fraction of sp³-hybridized carbons (Fsp3) is 0.400. The summed E-state index contributed by atoms with van der Waals surface area (Å²) in [5.74, 6) is -0.636. The number of esters is 1. The fourth-order valence-electron chi connectivity index (χ4n) is 0.380. The molecule has 0 aromatic carbocycles. The van der Waals surface area contributed by atoms with Gasteiger partial charge in [-0.15, -0.1) is 0 Å². The van der Waals surface area contributed by atoms with Crippen LogP contribution in [0.15, 0.2) is 24.3 Å². The van der Waals surface area contributed by atoms with E-state index in [1.807, 2.05) is 6.07 Å². The van der Waals surface area contributed by atoms with E-state index in [0.717, 1.165) is 0 Å². The Bertz CT molecular complexity index is 377. The minimum Gasteiger partial charge on any atom is -0.462 e. The monoisotopic (exact) mass is 261 g/mol. The highest BCUT2D eigenvalue weighted by Gasteiger charge is 2.13. The molecule has 0 aliphatic carbocycles. The maximum atomic E-state index is 10.7. The summed E-state index contributed by atoms with van der Waals surface area (Å²) in [5, 5.41) is 7.79. The predicted octanol–water partition coefficient (Wildman–Crippen LogP) is 1.37. The molecule has 0 spiro atoms. The molecule has 6 nitrogen and oxygen atoms in total. The molecule has 0 unspecified atom stereocenters.